The quantitative estimate of drug-likeness (QED) is 0.0797. The molecule has 1 heterocycles. The van der Waals surface area contributed by atoms with E-state index in [0.717, 1.165) is 96.1 Å². The van der Waals surface area contributed by atoms with Gasteiger partial charge in [-0.15, -0.1) is 0 Å². The number of fused-ring (bicyclic) bond motifs is 11. The van der Waals surface area contributed by atoms with Gasteiger partial charge in [0.1, 0.15) is 0 Å². The third-order valence-corrected chi connectivity index (χ3v) is 26.2. The molecule has 0 atom stereocenters. The van der Waals surface area contributed by atoms with Gasteiger partial charge in [0, 0.05) is 45.9 Å². The van der Waals surface area contributed by atoms with Gasteiger partial charge in [-0.2, -0.15) is 0 Å². The average molecular weight is 1600 g/mol. The highest BCUT2D eigenvalue weighted by Gasteiger charge is 2.51. The maximum atomic E-state index is 7.42. The number of hydrogen-bond donors (Lipinski definition) is 0. The third kappa shape index (κ3) is 12.0. The Balaban J connectivity index is 0.710. The van der Waals surface area contributed by atoms with E-state index in [1.54, 1.807) is 0 Å². The van der Waals surface area contributed by atoms with Crippen molar-refractivity contribution in [2.24, 2.45) is 0 Å². The number of benzene rings is 19. The van der Waals surface area contributed by atoms with Crippen molar-refractivity contribution in [3.05, 3.63) is 568 Å². The van der Waals surface area contributed by atoms with Crippen LogP contribution in [0.15, 0.2) is 479 Å². The van der Waals surface area contributed by atoms with Crippen LogP contribution in [-0.4, -0.2) is 0 Å². The maximum absolute atomic E-state index is 7.42. The Morgan fingerprint density at radius 2 is 0.552 bits per heavy atom. The van der Waals surface area contributed by atoms with Crippen LogP contribution in [0.2, 0.25) is 0 Å². The zero-order valence-corrected chi connectivity index (χ0v) is 68.7. The van der Waals surface area contributed by atoms with E-state index >= 15 is 0 Å². The highest BCUT2D eigenvalue weighted by Crippen LogP contribution is 2.63. The van der Waals surface area contributed by atoms with Gasteiger partial charge in [0.15, 0.2) is 11.5 Å². The van der Waals surface area contributed by atoms with Crippen molar-refractivity contribution in [2.45, 2.75) is 16.2 Å². The molecular formula is C121H83N3O. The molecule has 125 heavy (non-hydrogen) atoms. The third-order valence-electron chi connectivity index (χ3n) is 26.2. The number of hydrogen-bond acceptors (Lipinski definition) is 4. The van der Waals surface area contributed by atoms with E-state index in [0.29, 0.717) is 0 Å². The zero-order chi connectivity index (χ0) is 82.8. The Bertz CT molecular complexity index is 7130. The molecule has 4 heteroatoms. The molecule has 0 N–H and O–H groups in total. The van der Waals surface area contributed by atoms with Crippen molar-refractivity contribution in [1.82, 2.24) is 0 Å². The lowest BCUT2D eigenvalue weighted by Gasteiger charge is -2.35. The fourth-order valence-corrected chi connectivity index (χ4v) is 21.1. The van der Waals surface area contributed by atoms with Crippen molar-refractivity contribution in [1.29, 1.82) is 0 Å². The fraction of sp³-hybridized carbons (Fsp3) is 0.0248. The molecule has 0 fully saturated rings. The average Bonchev–Trinajstić information content (AvgIpc) is 1.57. The molecule has 0 saturated carbocycles. The maximum Gasteiger partial charge on any atom is 0.153 e. The normalized spacial score (nSPS) is 13.6. The van der Waals surface area contributed by atoms with Gasteiger partial charge in [-0.05, 0) is 243 Å². The van der Waals surface area contributed by atoms with E-state index < -0.39 is 16.2 Å². The Hall–Kier alpha value is -16.1. The molecule has 0 aromatic heterocycles. The predicted octanol–water partition coefficient (Wildman–Crippen LogP) is 31.3. The Kier molecular flexibility index (Phi) is 18.2. The zero-order valence-electron chi connectivity index (χ0n) is 68.7. The van der Waals surface area contributed by atoms with E-state index in [9.17, 15) is 0 Å². The molecule has 23 rings (SSSR count). The molecule has 19 aromatic rings. The molecule has 19 aromatic carbocycles. The van der Waals surface area contributed by atoms with Crippen LogP contribution in [0.3, 0.4) is 0 Å². The SMILES string of the molecule is C(=Cc1cccc2c1-c1ccccc1C2(c1ccccc1)c1ccccc1)c1ccc2c(c1)Oc1cc(N(c3ccccc3)c3ccccc3)ccc1N2c1ccc(-c2cc(C=Cc3cccc4c3-c3ccccc3C4(c3ccccc3)c3ccccc3)cc3c2-c2ccc(N(c4ccccc4)c4ccccc4)cc2C3(c2ccccc2)c2ccccc2)cc1. The van der Waals surface area contributed by atoms with Gasteiger partial charge in [-0.25, -0.2) is 0 Å². The second-order valence-electron chi connectivity index (χ2n) is 32.8. The summed E-state index contributed by atoms with van der Waals surface area (Å²) in [6, 6.07) is 176. The minimum atomic E-state index is -0.813. The van der Waals surface area contributed by atoms with Gasteiger partial charge in [0.25, 0.3) is 0 Å². The largest absolute Gasteiger partial charge is 0.453 e. The van der Waals surface area contributed by atoms with Crippen LogP contribution < -0.4 is 19.4 Å². The Labute approximate surface area is 730 Å². The summed E-state index contributed by atoms with van der Waals surface area (Å²) in [7, 11) is 0. The lowest BCUT2D eigenvalue weighted by molar-refractivity contribution is 0.477. The first-order valence-electron chi connectivity index (χ1n) is 43.2. The highest BCUT2D eigenvalue weighted by atomic mass is 16.5. The molecule has 1 aliphatic heterocycles. The van der Waals surface area contributed by atoms with Gasteiger partial charge in [-0.3, -0.25) is 0 Å². The van der Waals surface area contributed by atoms with E-state index in [2.05, 4.69) is 518 Å². The lowest BCUT2D eigenvalue weighted by Crippen LogP contribution is -2.29. The smallest absolute Gasteiger partial charge is 0.153 e. The van der Waals surface area contributed by atoms with Crippen molar-refractivity contribution >= 4 is 75.5 Å². The topological polar surface area (TPSA) is 19.0 Å². The fourth-order valence-electron chi connectivity index (χ4n) is 21.1. The van der Waals surface area contributed by atoms with Gasteiger partial charge in [0.2, 0.25) is 0 Å². The summed E-state index contributed by atoms with van der Waals surface area (Å²) in [6.45, 7) is 0. The van der Waals surface area contributed by atoms with Crippen LogP contribution >= 0.6 is 0 Å². The Morgan fingerprint density at radius 3 is 0.984 bits per heavy atom. The van der Waals surface area contributed by atoms with Gasteiger partial charge < -0.3 is 19.4 Å². The van der Waals surface area contributed by atoms with Crippen LogP contribution in [0.1, 0.15) is 89.0 Å². The Morgan fingerprint density at radius 1 is 0.208 bits per heavy atom. The monoisotopic (exact) mass is 1590 g/mol. The summed E-state index contributed by atoms with van der Waals surface area (Å²) in [5.74, 6) is 1.47. The highest BCUT2D eigenvalue weighted by molar-refractivity contribution is 6.01. The van der Waals surface area contributed by atoms with Gasteiger partial charge in [-0.1, -0.05) is 388 Å². The van der Waals surface area contributed by atoms with E-state index in [-0.39, 0.29) is 0 Å². The molecule has 3 aliphatic carbocycles. The van der Waals surface area contributed by atoms with Crippen molar-refractivity contribution in [2.75, 3.05) is 14.7 Å². The molecule has 0 unspecified atom stereocenters. The molecule has 0 amide bonds. The van der Waals surface area contributed by atoms with Crippen molar-refractivity contribution in [3.63, 3.8) is 0 Å². The second kappa shape index (κ2) is 30.8. The summed E-state index contributed by atoms with van der Waals surface area (Å²) < 4.78 is 7.42. The second-order valence-corrected chi connectivity index (χ2v) is 32.8. The minimum Gasteiger partial charge on any atom is -0.453 e. The van der Waals surface area contributed by atoms with Crippen molar-refractivity contribution < 1.29 is 4.74 Å². The summed E-state index contributed by atoms with van der Waals surface area (Å²) in [5, 5.41) is 0. The van der Waals surface area contributed by atoms with E-state index in [4.69, 9.17) is 4.74 Å². The van der Waals surface area contributed by atoms with Crippen LogP contribution in [-0.2, 0) is 16.2 Å². The number of ether oxygens (including phenoxy) is 1. The molecule has 0 saturated heterocycles. The first kappa shape index (κ1) is 74.0. The first-order valence-corrected chi connectivity index (χ1v) is 43.2. The summed E-state index contributed by atoms with van der Waals surface area (Å²) in [6.07, 6.45) is 9.32. The molecular weight excluding hydrogens is 1510 g/mol. The van der Waals surface area contributed by atoms with E-state index in [1.165, 1.54) is 100 Å². The minimum absolute atomic E-state index is 0.523. The standard InChI is InChI=1S/C121H83N3O/c1-11-39-89(40-12-1)119(90-41-13-2-14-42-90)106-61-33-31-59-102(106)116-87(37-35-63-108(116)119)68-65-84-67-77-112-114(81-84)125-115-83-101(123(97-55-27-9-28-56-97)98-57-29-10-30-58-98)75-78-113(115)124(112)99-72-70-86(71-73-99)105-79-85(66-69-88-38-36-64-109-117(88)103-60-32-34-62-107(103)120(109,91-43-15-3-16-44-91)92-45-17-4-18-46-92)80-111-118(105)104-76-74-100(122(95-51-23-7-24-52-95)96-53-25-8-26-54-96)82-110(104)121(111,93-47-19-5-20-48-93)94-49-21-6-22-50-94/h1-83H. The number of para-hydroxylation sites is 4. The van der Waals surface area contributed by atoms with Crippen LogP contribution in [0.25, 0.3) is 68.8 Å². The van der Waals surface area contributed by atoms with Crippen molar-refractivity contribution in [3.8, 4) is 56.0 Å². The molecule has 0 bridgehead atoms. The van der Waals surface area contributed by atoms with Gasteiger partial charge >= 0.3 is 0 Å². The molecule has 0 radical (unpaired) electrons. The van der Waals surface area contributed by atoms with Gasteiger partial charge in [0.05, 0.1) is 27.6 Å². The number of nitrogens with zero attached hydrogens (tertiary/aromatic N) is 3. The first-order chi connectivity index (χ1) is 62.0. The molecule has 0 spiro atoms. The molecule has 588 valence electrons. The van der Waals surface area contributed by atoms with Crippen LogP contribution in [0.4, 0.5) is 51.2 Å². The predicted molar refractivity (Wildman–Crippen MR) is 519 cm³/mol. The van der Waals surface area contributed by atoms with Crippen LogP contribution in [0, 0.1) is 0 Å². The van der Waals surface area contributed by atoms with E-state index in [1.807, 2.05) is 0 Å². The lowest BCUT2D eigenvalue weighted by atomic mass is 9.67. The summed E-state index contributed by atoms with van der Waals surface area (Å²) in [5.41, 5.74) is 35.9. The number of anilines is 9. The number of rotatable bonds is 18. The molecule has 4 aliphatic rings. The summed E-state index contributed by atoms with van der Waals surface area (Å²) >= 11 is 0. The molecule has 4 nitrogen and oxygen atoms in total. The summed E-state index contributed by atoms with van der Waals surface area (Å²) in [4.78, 5) is 7.10. The van der Waals surface area contributed by atoms with Crippen LogP contribution in [0.5, 0.6) is 11.5 Å².